The second-order valence-electron chi connectivity index (χ2n) is 6.48. The Bertz CT molecular complexity index is 534. The fourth-order valence-electron chi connectivity index (χ4n) is 2.41. The molecule has 0 saturated heterocycles. The third-order valence-electron chi connectivity index (χ3n) is 4.25. The first kappa shape index (κ1) is 21.8. The highest BCUT2D eigenvalue weighted by atomic mass is 32.2. The molecule has 0 fully saturated rings. The van der Waals surface area contributed by atoms with E-state index in [4.69, 9.17) is 0 Å². The average Bonchev–Trinajstić information content (AvgIpc) is 2.58. The van der Waals surface area contributed by atoms with Crippen LogP contribution in [0.4, 0.5) is 4.39 Å². The molecule has 0 atom stereocenters. The summed E-state index contributed by atoms with van der Waals surface area (Å²) in [6, 6.07) is 5.58. The van der Waals surface area contributed by atoms with Crippen LogP contribution in [-0.2, 0) is 12.3 Å². The molecule has 25 heavy (non-hydrogen) atoms. The van der Waals surface area contributed by atoms with Crippen molar-refractivity contribution in [3.8, 4) is 0 Å². The predicted molar refractivity (Wildman–Crippen MR) is 109 cm³/mol. The highest BCUT2D eigenvalue weighted by Gasteiger charge is 2.06. The number of unbranched alkanes of at least 4 members (excludes halogenated alkanes) is 1. The Morgan fingerprint density at radius 3 is 2.64 bits per heavy atom. The lowest BCUT2D eigenvalue weighted by atomic mass is 10.1. The first-order valence-corrected chi connectivity index (χ1v) is 10.3. The van der Waals surface area contributed by atoms with Crippen LogP contribution < -0.4 is 10.6 Å². The largest absolute Gasteiger partial charge is 0.356 e. The average molecular weight is 369 g/mol. The van der Waals surface area contributed by atoms with Crippen molar-refractivity contribution in [2.24, 2.45) is 4.99 Å². The summed E-state index contributed by atoms with van der Waals surface area (Å²) in [6.07, 6.45) is 4.29. The van der Waals surface area contributed by atoms with E-state index >= 15 is 0 Å². The normalized spacial score (nSPS) is 12.1. The van der Waals surface area contributed by atoms with E-state index in [9.17, 15) is 4.39 Å². The van der Waals surface area contributed by atoms with Crippen molar-refractivity contribution in [3.05, 3.63) is 35.1 Å². The molecule has 0 aliphatic heterocycles. The molecule has 2 N–H and O–H groups in total. The maximum atomic E-state index is 13.4. The summed E-state index contributed by atoms with van der Waals surface area (Å²) >= 11 is 1.70. The quantitative estimate of drug-likeness (QED) is 0.377. The Hall–Kier alpha value is -1.27. The van der Waals surface area contributed by atoms with Crippen molar-refractivity contribution >= 4 is 17.7 Å². The molecule has 0 aliphatic carbocycles. The number of guanidine groups is 1. The van der Waals surface area contributed by atoms with E-state index in [0.717, 1.165) is 48.8 Å². The van der Waals surface area contributed by atoms with E-state index in [2.05, 4.69) is 41.4 Å². The number of halogens is 1. The van der Waals surface area contributed by atoms with E-state index < -0.39 is 0 Å². The van der Waals surface area contributed by atoms with E-state index in [1.54, 1.807) is 24.9 Å². The van der Waals surface area contributed by atoms with Crippen molar-refractivity contribution in [1.29, 1.82) is 0 Å². The number of hydrogen-bond donors (Lipinski definition) is 2. The van der Waals surface area contributed by atoms with Gasteiger partial charge in [0.25, 0.3) is 0 Å². The van der Waals surface area contributed by atoms with Gasteiger partial charge in [0, 0.05) is 31.9 Å². The van der Waals surface area contributed by atoms with Gasteiger partial charge in [0.1, 0.15) is 5.82 Å². The zero-order valence-electron chi connectivity index (χ0n) is 16.2. The molecule has 4 nitrogen and oxygen atoms in total. The number of nitrogens with one attached hydrogen (secondary N) is 2. The van der Waals surface area contributed by atoms with Crippen LogP contribution in [0.5, 0.6) is 0 Å². The van der Waals surface area contributed by atoms with Gasteiger partial charge in [-0.15, -0.1) is 0 Å². The van der Waals surface area contributed by atoms with Crippen molar-refractivity contribution in [1.82, 2.24) is 15.5 Å². The minimum absolute atomic E-state index is 0.179. The first-order valence-electron chi connectivity index (χ1n) is 8.89. The van der Waals surface area contributed by atoms with Gasteiger partial charge in [0.05, 0.1) is 0 Å². The topological polar surface area (TPSA) is 39.7 Å². The molecule has 142 valence electrons. The Labute approximate surface area is 156 Å². The number of benzene rings is 1. The Morgan fingerprint density at radius 2 is 2.00 bits per heavy atom. The number of nitrogens with zero attached hydrogens (tertiary/aromatic N) is 2. The van der Waals surface area contributed by atoms with E-state index in [1.165, 1.54) is 6.07 Å². The molecule has 6 heteroatoms. The molecular formula is C19H33FN4S. The molecular weight excluding hydrogens is 335 g/mol. The minimum Gasteiger partial charge on any atom is -0.356 e. The summed E-state index contributed by atoms with van der Waals surface area (Å²) in [4.78, 5) is 6.62. The summed E-state index contributed by atoms with van der Waals surface area (Å²) in [5.41, 5.74) is 2.14. The van der Waals surface area contributed by atoms with E-state index in [0.29, 0.717) is 12.6 Å². The molecule has 0 heterocycles. The van der Waals surface area contributed by atoms with Crippen molar-refractivity contribution < 1.29 is 4.39 Å². The molecule has 0 bridgehead atoms. The van der Waals surface area contributed by atoms with Gasteiger partial charge in [0.2, 0.25) is 0 Å². The number of rotatable bonds is 10. The summed E-state index contributed by atoms with van der Waals surface area (Å²) in [5, 5.41) is 6.67. The summed E-state index contributed by atoms with van der Waals surface area (Å²) < 4.78 is 13.4. The molecule has 0 aromatic heterocycles. The highest BCUT2D eigenvalue weighted by molar-refractivity contribution is 7.97. The van der Waals surface area contributed by atoms with Crippen LogP contribution in [0.1, 0.15) is 37.8 Å². The lowest BCUT2D eigenvalue weighted by molar-refractivity contribution is 0.268. The highest BCUT2D eigenvalue weighted by Crippen LogP contribution is 2.16. The maximum Gasteiger partial charge on any atom is 0.191 e. The molecule has 0 spiro atoms. The van der Waals surface area contributed by atoms with Gasteiger partial charge < -0.3 is 15.5 Å². The fourth-order valence-corrected chi connectivity index (χ4v) is 2.99. The van der Waals surface area contributed by atoms with Crippen LogP contribution in [0.15, 0.2) is 23.2 Å². The Morgan fingerprint density at radius 1 is 1.24 bits per heavy atom. The SMILES string of the molecule is CN=C(NCCCCN(C)C(C)C)NCc1ccc(F)cc1CSC. The standard InChI is InChI=1S/C19H33FN4S/c1-15(2)24(4)11-7-6-10-22-19(21-3)23-13-16-8-9-18(20)12-17(16)14-25-5/h8-9,12,15H,6-7,10-11,13-14H2,1-5H3,(H2,21,22,23). The zero-order valence-corrected chi connectivity index (χ0v) is 17.0. The van der Waals surface area contributed by atoms with Crippen molar-refractivity contribution in [2.75, 3.05) is 33.4 Å². The van der Waals surface area contributed by atoms with Gasteiger partial charge in [0.15, 0.2) is 5.96 Å². The van der Waals surface area contributed by atoms with E-state index in [-0.39, 0.29) is 5.82 Å². The monoisotopic (exact) mass is 368 g/mol. The second kappa shape index (κ2) is 12.1. The van der Waals surface area contributed by atoms with Gasteiger partial charge in [-0.05, 0) is 69.8 Å². The molecule has 1 aromatic rings. The molecule has 0 aliphatic rings. The maximum absolute atomic E-state index is 13.4. The first-order chi connectivity index (χ1) is 12.0. The van der Waals surface area contributed by atoms with E-state index in [1.807, 2.05) is 12.3 Å². The van der Waals surface area contributed by atoms with Gasteiger partial charge >= 0.3 is 0 Å². The number of thioether (sulfide) groups is 1. The van der Waals surface area contributed by atoms with Gasteiger partial charge in [-0.25, -0.2) is 4.39 Å². The van der Waals surface area contributed by atoms with Crippen LogP contribution in [0, 0.1) is 5.82 Å². The Kier molecular flexibility index (Phi) is 10.6. The molecule has 0 amide bonds. The van der Waals surface area contributed by atoms with Crippen LogP contribution in [-0.4, -0.2) is 50.3 Å². The van der Waals surface area contributed by atoms with Crippen LogP contribution in [0.2, 0.25) is 0 Å². The zero-order chi connectivity index (χ0) is 18.7. The smallest absolute Gasteiger partial charge is 0.191 e. The molecule has 0 radical (unpaired) electrons. The lowest BCUT2D eigenvalue weighted by Gasteiger charge is -2.20. The van der Waals surface area contributed by atoms with Crippen LogP contribution >= 0.6 is 11.8 Å². The summed E-state index contributed by atoms with van der Waals surface area (Å²) in [5.74, 6) is 1.42. The van der Waals surface area contributed by atoms with Gasteiger partial charge in [-0.3, -0.25) is 4.99 Å². The predicted octanol–water partition coefficient (Wildman–Crippen LogP) is 3.47. The van der Waals surface area contributed by atoms with Gasteiger partial charge in [-0.1, -0.05) is 6.07 Å². The van der Waals surface area contributed by atoms with Gasteiger partial charge in [-0.2, -0.15) is 11.8 Å². The summed E-state index contributed by atoms with van der Waals surface area (Å²) in [7, 11) is 3.93. The van der Waals surface area contributed by atoms with Crippen LogP contribution in [0.25, 0.3) is 0 Å². The number of aliphatic imine (C=N–C) groups is 1. The third-order valence-corrected chi connectivity index (χ3v) is 4.85. The molecule has 0 unspecified atom stereocenters. The summed E-state index contributed by atoms with van der Waals surface area (Å²) in [6.45, 7) is 7.08. The second-order valence-corrected chi connectivity index (χ2v) is 7.35. The number of hydrogen-bond acceptors (Lipinski definition) is 3. The molecule has 1 rings (SSSR count). The fraction of sp³-hybridized carbons (Fsp3) is 0.632. The molecule has 0 saturated carbocycles. The van der Waals surface area contributed by atoms with Crippen LogP contribution in [0.3, 0.4) is 0 Å². The van der Waals surface area contributed by atoms with Crippen molar-refractivity contribution in [2.45, 2.75) is 45.0 Å². The third kappa shape index (κ3) is 8.59. The lowest BCUT2D eigenvalue weighted by Crippen LogP contribution is -2.37. The molecule has 1 aromatic carbocycles. The Balaban J connectivity index is 2.37. The minimum atomic E-state index is -0.179. The van der Waals surface area contributed by atoms with Crippen molar-refractivity contribution in [3.63, 3.8) is 0 Å².